The van der Waals surface area contributed by atoms with Gasteiger partial charge in [0.25, 0.3) is 0 Å². The molecule has 5 heterocycles. The predicted octanol–water partition coefficient (Wildman–Crippen LogP) is 3.65. The fraction of sp³-hybridized carbons (Fsp3) is 0.576. The van der Waals surface area contributed by atoms with Crippen molar-refractivity contribution >= 4 is 35.1 Å². The van der Waals surface area contributed by atoms with E-state index < -0.39 is 46.9 Å². The fourth-order valence-corrected chi connectivity index (χ4v) is 7.31. The average molecular weight is 676 g/mol. The third-order valence-corrected chi connectivity index (χ3v) is 9.40. The van der Waals surface area contributed by atoms with Crippen LogP contribution in [0, 0.1) is 18.7 Å². The summed E-state index contributed by atoms with van der Waals surface area (Å²) in [6, 6.07) is 5.01. The van der Waals surface area contributed by atoms with Gasteiger partial charge in [-0.25, -0.2) is 14.2 Å². The number of benzene rings is 1. The Morgan fingerprint density at radius 3 is 2.52 bits per heavy atom. The van der Waals surface area contributed by atoms with Crippen LogP contribution in [0.25, 0.3) is 0 Å². The van der Waals surface area contributed by atoms with E-state index in [2.05, 4.69) is 15.2 Å². The summed E-state index contributed by atoms with van der Waals surface area (Å²) in [6.07, 6.45) is -5.14. The second kappa shape index (κ2) is 12.2. The Balaban J connectivity index is 1.24. The molecule has 2 atom stereocenters. The zero-order valence-electron chi connectivity index (χ0n) is 27.7. The summed E-state index contributed by atoms with van der Waals surface area (Å²) in [5.74, 6) is -2.45. The van der Waals surface area contributed by atoms with Crippen LogP contribution in [0.3, 0.4) is 0 Å². The zero-order chi connectivity index (χ0) is 34.8. The van der Waals surface area contributed by atoms with Gasteiger partial charge in [0.1, 0.15) is 23.3 Å². The van der Waals surface area contributed by atoms with Gasteiger partial charge in [-0.15, -0.1) is 0 Å². The van der Waals surface area contributed by atoms with Crippen molar-refractivity contribution in [3.63, 3.8) is 0 Å². The molecule has 3 fully saturated rings. The Bertz CT molecular complexity index is 1610. The van der Waals surface area contributed by atoms with Gasteiger partial charge in [-0.05, 0) is 52.0 Å². The lowest BCUT2D eigenvalue weighted by Crippen LogP contribution is -2.77. The monoisotopic (exact) mass is 675 g/mol. The molecular formula is C33H41F4N7O4. The van der Waals surface area contributed by atoms with E-state index in [4.69, 9.17) is 4.74 Å². The lowest BCUT2D eigenvalue weighted by molar-refractivity contribution is -0.137. The number of alkyl halides is 3. The van der Waals surface area contributed by atoms with Crippen molar-refractivity contribution in [2.45, 2.75) is 57.5 Å². The molecule has 1 aromatic carbocycles. The smallest absolute Gasteiger partial charge is 0.416 e. The van der Waals surface area contributed by atoms with Crippen molar-refractivity contribution in [1.29, 1.82) is 0 Å². The number of amides is 3. The number of carbonyl (C=O) groups excluding carboxylic acids is 3. The number of likely N-dealkylation sites (N-methyl/N-ethyl adjacent to an activating group) is 1. The predicted molar refractivity (Wildman–Crippen MR) is 170 cm³/mol. The van der Waals surface area contributed by atoms with Crippen LogP contribution in [-0.2, 0) is 20.5 Å². The second-order valence-electron chi connectivity index (χ2n) is 14.3. The van der Waals surface area contributed by atoms with Crippen molar-refractivity contribution in [1.82, 2.24) is 20.1 Å². The molecule has 6 rings (SSSR count). The topological polar surface area (TPSA) is 102 Å². The van der Waals surface area contributed by atoms with E-state index in [1.54, 1.807) is 11.0 Å². The summed E-state index contributed by atoms with van der Waals surface area (Å²) in [7, 11) is 1.49. The standard InChI is InChI=1S/C33H41F4N7O4/c1-20-13-22(33(35,36)37)15-25(39-20)44-26(45)14-21-16-42(28-23(34)7-6-8-24(28)40(5)29(46)27(21)44)12-11-41-10-9-38-32(17-41)18-43(19-32)30(47)48-31(2,3)4/h6-8,13,15,21,27,38H,9-12,14,16-19H2,1-5H3/t21-,27+/m1/s1. The molecule has 2 aromatic rings. The lowest BCUT2D eigenvalue weighted by Gasteiger charge is -2.54. The highest BCUT2D eigenvalue weighted by Crippen LogP contribution is 2.41. The molecule has 1 N–H and O–H groups in total. The van der Waals surface area contributed by atoms with Gasteiger partial charge in [0.2, 0.25) is 11.8 Å². The maximum Gasteiger partial charge on any atom is 0.416 e. The van der Waals surface area contributed by atoms with Crippen LogP contribution in [0.1, 0.15) is 38.4 Å². The third kappa shape index (κ3) is 6.53. The molecule has 11 nitrogen and oxygen atoms in total. The minimum atomic E-state index is -4.67. The molecule has 1 spiro atoms. The van der Waals surface area contributed by atoms with Crippen LogP contribution in [0.2, 0.25) is 0 Å². The van der Waals surface area contributed by atoms with Gasteiger partial charge in [0.05, 0.1) is 22.5 Å². The second-order valence-corrected chi connectivity index (χ2v) is 14.3. The van der Waals surface area contributed by atoms with Gasteiger partial charge in [-0.1, -0.05) is 6.07 Å². The molecule has 1 aromatic heterocycles. The highest BCUT2D eigenvalue weighted by molar-refractivity contribution is 6.10. The first-order valence-electron chi connectivity index (χ1n) is 16.1. The van der Waals surface area contributed by atoms with Crippen LogP contribution >= 0.6 is 0 Å². The number of aryl methyl sites for hydroxylation is 1. The molecule has 260 valence electrons. The van der Waals surface area contributed by atoms with Crippen LogP contribution in [0.15, 0.2) is 30.3 Å². The zero-order valence-corrected chi connectivity index (χ0v) is 27.7. The number of piperazine rings is 1. The van der Waals surface area contributed by atoms with Crippen molar-refractivity contribution in [2.24, 2.45) is 5.92 Å². The molecule has 0 unspecified atom stereocenters. The van der Waals surface area contributed by atoms with E-state index in [0.717, 1.165) is 23.6 Å². The van der Waals surface area contributed by atoms with Gasteiger partial charge >= 0.3 is 12.3 Å². The van der Waals surface area contributed by atoms with Crippen molar-refractivity contribution in [3.05, 3.63) is 47.4 Å². The Morgan fingerprint density at radius 1 is 1.10 bits per heavy atom. The first kappa shape index (κ1) is 33.9. The SMILES string of the molecule is Cc1cc(C(F)(F)F)cc(N2C(=O)C[C@@H]3CN(CCN4CCNC5(C4)CN(C(=O)OC(C)(C)C)C5)c4c(F)cccc4N(C)C(=O)[C@H]32)n1. The molecule has 0 radical (unpaired) electrons. The quantitative estimate of drug-likeness (QED) is 0.491. The van der Waals surface area contributed by atoms with Crippen LogP contribution < -0.4 is 20.0 Å². The number of aromatic nitrogens is 1. The molecule has 3 amide bonds. The summed E-state index contributed by atoms with van der Waals surface area (Å²) in [5, 5.41) is 3.55. The van der Waals surface area contributed by atoms with Gasteiger partial charge in [0.15, 0.2) is 0 Å². The van der Waals surface area contributed by atoms with Gasteiger partial charge in [-0.3, -0.25) is 19.4 Å². The summed E-state index contributed by atoms with van der Waals surface area (Å²) in [5.41, 5.74) is -1.25. The summed E-state index contributed by atoms with van der Waals surface area (Å²) in [6.45, 7) is 11.0. The number of hydrogen-bond acceptors (Lipinski definition) is 8. The van der Waals surface area contributed by atoms with E-state index in [0.29, 0.717) is 45.0 Å². The van der Waals surface area contributed by atoms with E-state index in [1.165, 1.54) is 31.0 Å². The first-order chi connectivity index (χ1) is 22.4. The highest BCUT2D eigenvalue weighted by Gasteiger charge is 2.51. The number of likely N-dealkylation sites (tertiary alicyclic amines) is 1. The average Bonchev–Trinajstić information content (AvgIpc) is 3.30. The first-order valence-corrected chi connectivity index (χ1v) is 16.1. The van der Waals surface area contributed by atoms with Crippen LogP contribution in [-0.4, -0.2) is 109 Å². The summed E-state index contributed by atoms with van der Waals surface area (Å²) >= 11 is 0. The number of nitrogens with zero attached hydrogens (tertiary/aromatic N) is 6. The molecule has 3 saturated heterocycles. The molecule has 0 saturated carbocycles. The third-order valence-electron chi connectivity index (χ3n) is 9.40. The number of halogens is 4. The van der Waals surface area contributed by atoms with Crippen molar-refractivity contribution in [3.8, 4) is 0 Å². The normalized spacial score (nSPS) is 23.1. The minimum Gasteiger partial charge on any atom is -0.444 e. The number of ether oxygens (including phenoxy) is 1. The number of fused-ring (bicyclic) bond motifs is 2. The Kier molecular flexibility index (Phi) is 8.59. The number of hydrogen-bond donors (Lipinski definition) is 1. The highest BCUT2D eigenvalue weighted by atomic mass is 19.4. The van der Waals surface area contributed by atoms with Gasteiger partial charge < -0.3 is 24.8 Å². The van der Waals surface area contributed by atoms with Crippen LogP contribution in [0.4, 0.5) is 39.5 Å². The van der Waals surface area contributed by atoms with Gasteiger partial charge in [-0.2, -0.15) is 13.2 Å². The number of carbonyl (C=O) groups is 3. The molecule has 15 heteroatoms. The number of para-hydroxylation sites is 1. The lowest BCUT2D eigenvalue weighted by atomic mass is 9.87. The summed E-state index contributed by atoms with van der Waals surface area (Å²) in [4.78, 5) is 52.4. The molecular weight excluding hydrogens is 634 g/mol. The van der Waals surface area contributed by atoms with E-state index in [1.807, 2.05) is 25.7 Å². The van der Waals surface area contributed by atoms with E-state index >= 15 is 4.39 Å². The molecule has 0 aliphatic carbocycles. The Labute approximate surface area is 276 Å². The summed E-state index contributed by atoms with van der Waals surface area (Å²) < 4.78 is 62.3. The van der Waals surface area contributed by atoms with E-state index in [9.17, 15) is 27.6 Å². The van der Waals surface area contributed by atoms with Crippen LogP contribution in [0.5, 0.6) is 0 Å². The Morgan fingerprint density at radius 2 is 1.83 bits per heavy atom. The van der Waals surface area contributed by atoms with E-state index in [-0.39, 0.29) is 41.8 Å². The van der Waals surface area contributed by atoms with Crippen molar-refractivity contribution < 1.29 is 36.7 Å². The molecule has 4 aliphatic heterocycles. The molecule has 4 aliphatic rings. The minimum absolute atomic E-state index is 0.0613. The largest absolute Gasteiger partial charge is 0.444 e. The molecule has 0 bridgehead atoms. The maximum atomic E-state index is 15.6. The Hall–Kier alpha value is -3.98. The van der Waals surface area contributed by atoms with Crippen molar-refractivity contribution in [2.75, 3.05) is 74.1 Å². The number of nitrogens with one attached hydrogen (secondary N) is 1. The number of pyridine rings is 1. The molecule has 48 heavy (non-hydrogen) atoms. The fourth-order valence-electron chi connectivity index (χ4n) is 7.31. The number of rotatable bonds is 4. The number of anilines is 3. The van der Waals surface area contributed by atoms with Gasteiger partial charge in [0, 0.05) is 77.4 Å². The maximum absolute atomic E-state index is 15.6.